The molecule has 3 heteroatoms. The predicted molar refractivity (Wildman–Crippen MR) is 62.3 cm³/mol. The molecule has 1 atom stereocenters. The van der Waals surface area contributed by atoms with Crippen molar-refractivity contribution in [2.45, 2.75) is 25.3 Å². The Morgan fingerprint density at radius 3 is 2.73 bits per heavy atom. The zero-order chi connectivity index (χ0) is 10.8. The monoisotopic (exact) mass is 225 g/mol. The second-order valence-electron chi connectivity index (χ2n) is 4.10. The molecule has 1 aromatic carbocycles. The SMILES string of the molecule is COc1ccc(Cl)cc1[C@@H](N)C1CCC1. The number of nitrogens with two attached hydrogens (primary N) is 1. The summed E-state index contributed by atoms with van der Waals surface area (Å²) in [6, 6.07) is 5.70. The molecule has 1 aromatic rings. The molecule has 0 radical (unpaired) electrons. The quantitative estimate of drug-likeness (QED) is 0.858. The summed E-state index contributed by atoms with van der Waals surface area (Å²) in [5, 5.41) is 0.723. The zero-order valence-electron chi connectivity index (χ0n) is 8.87. The van der Waals surface area contributed by atoms with Crippen LogP contribution in [0.5, 0.6) is 5.75 Å². The van der Waals surface area contributed by atoms with Crippen LogP contribution < -0.4 is 10.5 Å². The van der Waals surface area contributed by atoms with E-state index in [1.807, 2.05) is 18.2 Å². The molecule has 2 nitrogen and oxygen atoms in total. The highest BCUT2D eigenvalue weighted by atomic mass is 35.5. The van der Waals surface area contributed by atoms with E-state index < -0.39 is 0 Å². The summed E-state index contributed by atoms with van der Waals surface area (Å²) < 4.78 is 5.30. The lowest BCUT2D eigenvalue weighted by atomic mass is 9.77. The maximum atomic E-state index is 6.21. The first kappa shape index (κ1) is 10.8. The van der Waals surface area contributed by atoms with Crippen molar-refractivity contribution in [3.05, 3.63) is 28.8 Å². The van der Waals surface area contributed by atoms with Crippen LogP contribution >= 0.6 is 11.6 Å². The number of rotatable bonds is 3. The molecule has 1 fully saturated rings. The minimum atomic E-state index is 0.0624. The summed E-state index contributed by atoms with van der Waals surface area (Å²) in [6.07, 6.45) is 3.73. The first-order chi connectivity index (χ1) is 7.22. The van der Waals surface area contributed by atoms with Crippen LogP contribution in [0.15, 0.2) is 18.2 Å². The third kappa shape index (κ3) is 2.11. The lowest BCUT2D eigenvalue weighted by Gasteiger charge is -2.32. The average Bonchev–Trinajstić information content (AvgIpc) is 2.15. The molecule has 0 spiro atoms. The van der Waals surface area contributed by atoms with Crippen LogP contribution in [0.3, 0.4) is 0 Å². The summed E-state index contributed by atoms with van der Waals surface area (Å²) in [7, 11) is 1.67. The Morgan fingerprint density at radius 2 is 2.20 bits per heavy atom. The van der Waals surface area contributed by atoms with Gasteiger partial charge in [-0.15, -0.1) is 0 Å². The fourth-order valence-electron chi connectivity index (χ4n) is 2.02. The highest BCUT2D eigenvalue weighted by Gasteiger charge is 2.27. The van der Waals surface area contributed by atoms with Gasteiger partial charge >= 0.3 is 0 Å². The van der Waals surface area contributed by atoms with E-state index >= 15 is 0 Å². The van der Waals surface area contributed by atoms with Crippen LogP contribution in [0.4, 0.5) is 0 Å². The van der Waals surface area contributed by atoms with E-state index in [1.54, 1.807) is 7.11 Å². The van der Waals surface area contributed by atoms with Crippen LogP contribution in [-0.4, -0.2) is 7.11 Å². The number of hydrogen-bond donors (Lipinski definition) is 1. The van der Waals surface area contributed by atoms with E-state index in [9.17, 15) is 0 Å². The van der Waals surface area contributed by atoms with E-state index in [0.717, 1.165) is 16.3 Å². The van der Waals surface area contributed by atoms with Crippen molar-refractivity contribution in [3.63, 3.8) is 0 Å². The van der Waals surface area contributed by atoms with Crippen molar-refractivity contribution in [2.24, 2.45) is 11.7 Å². The first-order valence-electron chi connectivity index (χ1n) is 5.31. The van der Waals surface area contributed by atoms with Crippen molar-refractivity contribution < 1.29 is 4.74 Å². The van der Waals surface area contributed by atoms with Crippen LogP contribution in [0.2, 0.25) is 5.02 Å². The van der Waals surface area contributed by atoms with Gasteiger partial charge in [0.15, 0.2) is 0 Å². The molecule has 15 heavy (non-hydrogen) atoms. The lowest BCUT2D eigenvalue weighted by molar-refractivity contribution is 0.259. The summed E-state index contributed by atoms with van der Waals surface area (Å²) in [5.41, 5.74) is 7.24. The molecule has 2 N–H and O–H groups in total. The Hall–Kier alpha value is -0.730. The molecule has 1 saturated carbocycles. The topological polar surface area (TPSA) is 35.2 Å². The molecule has 0 bridgehead atoms. The maximum Gasteiger partial charge on any atom is 0.123 e. The van der Waals surface area contributed by atoms with Gasteiger partial charge in [-0.2, -0.15) is 0 Å². The fourth-order valence-corrected chi connectivity index (χ4v) is 2.20. The third-order valence-corrected chi connectivity index (χ3v) is 3.44. The minimum Gasteiger partial charge on any atom is -0.496 e. The van der Waals surface area contributed by atoms with E-state index in [2.05, 4.69) is 0 Å². The van der Waals surface area contributed by atoms with Crippen molar-refractivity contribution >= 4 is 11.6 Å². The Labute approximate surface area is 95.4 Å². The average molecular weight is 226 g/mol. The Morgan fingerprint density at radius 1 is 1.47 bits per heavy atom. The second-order valence-corrected chi connectivity index (χ2v) is 4.54. The summed E-state index contributed by atoms with van der Waals surface area (Å²) in [6.45, 7) is 0. The lowest BCUT2D eigenvalue weighted by Crippen LogP contribution is -2.27. The van der Waals surface area contributed by atoms with Gasteiger partial charge in [0.1, 0.15) is 5.75 Å². The van der Waals surface area contributed by atoms with E-state index in [4.69, 9.17) is 22.1 Å². The molecule has 0 amide bonds. The molecule has 82 valence electrons. The number of methoxy groups -OCH3 is 1. The number of benzene rings is 1. The number of hydrogen-bond acceptors (Lipinski definition) is 2. The van der Waals surface area contributed by atoms with Gasteiger partial charge in [-0.25, -0.2) is 0 Å². The van der Waals surface area contributed by atoms with Gasteiger partial charge in [0.05, 0.1) is 7.11 Å². The molecule has 2 rings (SSSR count). The number of halogens is 1. The minimum absolute atomic E-state index is 0.0624. The normalized spacial score (nSPS) is 18.3. The summed E-state index contributed by atoms with van der Waals surface area (Å²) >= 11 is 5.97. The largest absolute Gasteiger partial charge is 0.496 e. The van der Waals surface area contributed by atoms with E-state index in [-0.39, 0.29) is 6.04 Å². The Kier molecular flexibility index (Phi) is 3.17. The van der Waals surface area contributed by atoms with Gasteiger partial charge in [-0.05, 0) is 37.0 Å². The molecule has 0 saturated heterocycles. The van der Waals surface area contributed by atoms with Crippen molar-refractivity contribution in [3.8, 4) is 5.75 Å². The van der Waals surface area contributed by atoms with Crippen LogP contribution in [0, 0.1) is 5.92 Å². The molecule has 0 aliphatic heterocycles. The standard InChI is InChI=1S/C12H16ClNO/c1-15-11-6-5-9(13)7-10(11)12(14)8-3-2-4-8/h5-8,12H,2-4,14H2,1H3/t12-/m0/s1. The van der Waals surface area contributed by atoms with Crippen LogP contribution in [0.1, 0.15) is 30.9 Å². The fraction of sp³-hybridized carbons (Fsp3) is 0.500. The molecular formula is C12H16ClNO. The van der Waals surface area contributed by atoms with Gasteiger partial charge in [0.2, 0.25) is 0 Å². The highest BCUT2D eigenvalue weighted by Crippen LogP contribution is 2.39. The summed E-state index contributed by atoms with van der Waals surface area (Å²) in [5.74, 6) is 1.44. The highest BCUT2D eigenvalue weighted by molar-refractivity contribution is 6.30. The predicted octanol–water partition coefficient (Wildman–Crippen LogP) is 3.15. The summed E-state index contributed by atoms with van der Waals surface area (Å²) in [4.78, 5) is 0. The van der Waals surface area contributed by atoms with Crippen molar-refractivity contribution in [2.75, 3.05) is 7.11 Å². The molecule has 0 heterocycles. The van der Waals surface area contributed by atoms with Gasteiger partial charge in [-0.1, -0.05) is 18.0 Å². The smallest absolute Gasteiger partial charge is 0.123 e. The van der Waals surface area contributed by atoms with Crippen molar-refractivity contribution in [1.29, 1.82) is 0 Å². The van der Waals surface area contributed by atoms with Gasteiger partial charge in [-0.3, -0.25) is 0 Å². The van der Waals surface area contributed by atoms with Gasteiger partial charge < -0.3 is 10.5 Å². The van der Waals surface area contributed by atoms with E-state index in [1.165, 1.54) is 19.3 Å². The molecule has 1 aliphatic carbocycles. The molecule has 0 unspecified atom stereocenters. The molecular weight excluding hydrogens is 210 g/mol. The van der Waals surface area contributed by atoms with Crippen molar-refractivity contribution in [1.82, 2.24) is 0 Å². The Balaban J connectivity index is 2.27. The molecule has 0 aromatic heterocycles. The van der Waals surface area contributed by atoms with Crippen LogP contribution in [-0.2, 0) is 0 Å². The first-order valence-corrected chi connectivity index (χ1v) is 5.69. The Bertz CT molecular complexity index is 349. The van der Waals surface area contributed by atoms with E-state index in [0.29, 0.717) is 5.92 Å². The maximum absolute atomic E-state index is 6.21. The van der Waals surface area contributed by atoms with Gasteiger partial charge in [0.25, 0.3) is 0 Å². The zero-order valence-corrected chi connectivity index (χ0v) is 9.63. The number of ether oxygens (including phenoxy) is 1. The van der Waals surface area contributed by atoms with Crippen LogP contribution in [0.25, 0.3) is 0 Å². The molecule has 1 aliphatic rings. The second kappa shape index (κ2) is 4.42. The third-order valence-electron chi connectivity index (χ3n) is 3.21. The van der Waals surface area contributed by atoms with Gasteiger partial charge in [0, 0.05) is 16.6 Å².